The molecule has 34 heavy (non-hydrogen) atoms. The molecule has 3 aromatic heterocycles. The third kappa shape index (κ3) is 4.10. The number of hydrogen-bond acceptors (Lipinski definition) is 5. The number of aryl methyl sites for hydroxylation is 1. The molecular formula is C22H20F3N5O3S. The van der Waals surface area contributed by atoms with E-state index in [1.165, 1.54) is 6.07 Å². The third-order valence-electron chi connectivity index (χ3n) is 5.42. The lowest BCUT2D eigenvalue weighted by atomic mass is 10.1. The molecule has 8 nitrogen and oxygen atoms in total. The van der Waals surface area contributed by atoms with Gasteiger partial charge in [-0.05, 0) is 49.3 Å². The number of carbonyl (C=O) groups is 1. The van der Waals surface area contributed by atoms with Gasteiger partial charge in [-0.15, -0.1) is 0 Å². The van der Waals surface area contributed by atoms with Crippen molar-refractivity contribution in [3.05, 3.63) is 59.9 Å². The lowest BCUT2D eigenvalue weighted by Crippen LogP contribution is -2.42. The van der Waals surface area contributed by atoms with Crippen LogP contribution in [0.2, 0.25) is 0 Å². The zero-order valence-electron chi connectivity index (χ0n) is 18.1. The first-order valence-corrected chi connectivity index (χ1v) is 11.7. The summed E-state index contributed by atoms with van der Waals surface area (Å²) in [4.78, 5) is 20.7. The maximum Gasteiger partial charge on any atom is 0.404 e. The Morgan fingerprint density at radius 3 is 2.44 bits per heavy atom. The Labute approximate surface area is 193 Å². The van der Waals surface area contributed by atoms with Crippen LogP contribution >= 0.6 is 0 Å². The highest BCUT2D eigenvalue weighted by Crippen LogP contribution is 2.37. The van der Waals surface area contributed by atoms with Crippen LogP contribution in [0.1, 0.15) is 29.8 Å². The second kappa shape index (κ2) is 8.37. The van der Waals surface area contributed by atoms with E-state index in [0.29, 0.717) is 35.8 Å². The highest BCUT2D eigenvalue weighted by Gasteiger charge is 2.39. The van der Waals surface area contributed by atoms with E-state index in [-0.39, 0.29) is 11.3 Å². The first-order valence-electron chi connectivity index (χ1n) is 10.2. The fraction of sp³-hybridized carbons (Fsp3) is 0.227. The normalized spacial score (nSPS) is 14.7. The number of halogens is 3. The number of pyridine rings is 2. The van der Waals surface area contributed by atoms with Gasteiger partial charge in [-0.3, -0.25) is 14.3 Å². The van der Waals surface area contributed by atoms with Crippen molar-refractivity contribution < 1.29 is 26.4 Å². The fourth-order valence-electron chi connectivity index (χ4n) is 3.52. The monoisotopic (exact) mass is 491 g/mol. The van der Waals surface area contributed by atoms with E-state index in [4.69, 9.17) is 5.73 Å². The number of carbonyl (C=O) groups excluding carboxylic acids is 1. The van der Waals surface area contributed by atoms with Gasteiger partial charge < -0.3 is 5.73 Å². The molecule has 12 heteroatoms. The quantitative estimate of drug-likeness (QED) is 0.525. The molecule has 0 spiro atoms. The molecule has 3 heterocycles. The molecule has 1 aliphatic rings. The molecule has 3 N–H and O–H groups in total. The summed E-state index contributed by atoms with van der Waals surface area (Å²) in [6.07, 6.45) is 3.95. The van der Waals surface area contributed by atoms with Gasteiger partial charge in [0, 0.05) is 23.5 Å². The highest BCUT2D eigenvalue weighted by molar-refractivity contribution is 7.89. The van der Waals surface area contributed by atoms with Crippen molar-refractivity contribution in [1.29, 1.82) is 0 Å². The summed E-state index contributed by atoms with van der Waals surface area (Å²) in [6.45, 7) is 2.64. The smallest absolute Gasteiger partial charge is 0.366 e. The van der Waals surface area contributed by atoms with Crippen LogP contribution in [0.25, 0.3) is 28.1 Å². The van der Waals surface area contributed by atoms with Gasteiger partial charge in [-0.2, -0.15) is 17.9 Å². The Morgan fingerprint density at radius 1 is 1.24 bits per heavy atom. The minimum atomic E-state index is -4.74. The average Bonchev–Trinajstić information content (AvgIpc) is 3.06. The molecule has 1 atom stereocenters. The zero-order chi connectivity index (χ0) is 24.8. The molecule has 0 saturated heterocycles. The van der Waals surface area contributed by atoms with Crippen molar-refractivity contribution in [2.45, 2.75) is 37.4 Å². The van der Waals surface area contributed by atoms with Gasteiger partial charge in [-0.25, -0.2) is 13.4 Å². The van der Waals surface area contributed by atoms with Crippen molar-refractivity contribution in [1.82, 2.24) is 19.3 Å². The molecule has 4 rings (SSSR count). The number of allylic oxidation sites excluding steroid dienone is 4. The van der Waals surface area contributed by atoms with Crippen molar-refractivity contribution in [2.24, 2.45) is 5.73 Å². The molecule has 0 saturated carbocycles. The van der Waals surface area contributed by atoms with Crippen LogP contribution in [-0.2, 0) is 16.4 Å². The Kier molecular flexibility index (Phi) is 5.82. The van der Waals surface area contributed by atoms with Crippen LogP contribution in [0.5, 0.6) is 0 Å². The maximum atomic E-state index is 12.8. The predicted octanol–water partition coefficient (Wildman–Crippen LogP) is 3.40. The summed E-state index contributed by atoms with van der Waals surface area (Å²) in [5, 5.41) is 0.516. The van der Waals surface area contributed by atoms with E-state index in [1.807, 2.05) is 13.0 Å². The number of aromatic nitrogens is 3. The van der Waals surface area contributed by atoms with Crippen molar-refractivity contribution in [3.8, 4) is 11.4 Å². The summed E-state index contributed by atoms with van der Waals surface area (Å²) < 4.78 is 66.5. The summed E-state index contributed by atoms with van der Waals surface area (Å²) in [5.41, 5.74) is 8.45. The predicted molar refractivity (Wildman–Crippen MR) is 120 cm³/mol. The topological polar surface area (TPSA) is 120 Å². The van der Waals surface area contributed by atoms with Gasteiger partial charge in [0.05, 0.1) is 17.0 Å². The Bertz CT molecular complexity index is 1460. The minimum absolute atomic E-state index is 0.158. The van der Waals surface area contributed by atoms with Gasteiger partial charge in [0.15, 0.2) is 0 Å². The zero-order valence-corrected chi connectivity index (χ0v) is 18.9. The number of primary amides is 1. The Hall–Kier alpha value is -3.51. The van der Waals surface area contributed by atoms with Crippen LogP contribution in [0, 0.1) is 0 Å². The Morgan fingerprint density at radius 2 is 1.94 bits per heavy atom. The molecule has 1 aliphatic carbocycles. The number of fused-ring (bicyclic) bond motifs is 1. The molecule has 178 valence electrons. The van der Waals surface area contributed by atoms with Crippen LogP contribution < -0.4 is 10.5 Å². The highest BCUT2D eigenvalue weighted by atomic mass is 32.2. The lowest BCUT2D eigenvalue weighted by Gasteiger charge is -2.17. The standard InChI is InChI=1S/C22H20F3N5O3S/c1-3-13-9-16-18(20(26)31)19(30(14-5-4-6-14)21(16)28-10-13)17-8-7-15(11-27-17)34(32,33)29-12(2)22(23,24)25/h4-12,29H,3H2,1-2H3,(H2,26,31)/t12-/m0/s1. The molecule has 0 radical (unpaired) electrons. The molecule has 0 aromatic carbocycles. The van der Waals surface area contributed by atoms with E-state index in [2.05, 4.69) is 9.97 Å². The van der Waals surface area contributed by atoms with E-state index in [9.17, 15) is 26.4 Å². The van der Waals surface area contributed by atoms with Gasteiger partial charge >= 0.3 is 6.18 Å². The third-order valence-corrected chi connectivity index (χ3v) is 6.95. The first kappa shape index (κ1) is 23.6. The summed E-state index contributed by atoms with van der Waals surface area (Å²) in [5.74, 6) is -0.725. The Balaban J connectivity index is 1.86. The second-order valence-electron chi connectivity index (χ2n) is 7.71. The second-order valence-corrected chi connectivity index (χ2v) is 9.42. The fourth-order valence-corrected chi connectivity index (χ4v) is 4.70. The summed E-state index contributed by atoms with van der Waals surface area (Å²) >= 11 is 0. The molecule has 0 bridgehead atoms. The number of nitrogens with zero attached hydrogens (tertiary/aromatic N) is 3. The van der Waals surface area contributed by atoms with Crippen LogP contribution in [0.15, 0.2) is 53.7 Å². The van der Waals surface area contributed by atoms with Crippen LogP contribution in [0.4, 0.5) is 13.2 Å². The first-order chi connectivity index (χ1) is 15.9. The van der Waals surface area contributed by atoms with E-state index < -0.39 is 33.0 Å². The van der Waals surface area contributed by atoms with Crippen molar-refractivity contribution >= 4 is 32.7 Å². The number of alkyl halides is 3. The molecular weight excluding hydrogens is 471 g/mol. The summed E-state index contributed by atoms with van der Waals surface area (Å²) in [6, 6.07) is 1.97. The number of nitrogens with one attached hydrogen (secondary N) is 1. The van der Waals surface area contributed by atoms with Crippen LogP contribution in [0.3, 0.4) is 0 Å². The van der Waals surface area contributed by atoms with E-state index >= 15 is 0 Å². The number of amides is 1. The number of hydrogen-bond donors (Lipinski definition) is 2. The van der Waals surface area contributed by atoms with Crippen molar-refractivity contribution in [2.75, 3.05) is 0 Å². The number of sulfonamides is 1. The van der Waals surface area contributed by atoms with Gasteiger partial charge in [-0.1, -0.05) is 13.0 Å². The van der Waals surface area contributed by atoms with Gasteiger partial charge in [0.1, 0.15) is 16.6 Å². The lowest BCUT2D eigenvalue weighted by molar-refractivity contribution is -0.147. The molecule has 0 aliphatic heterocycles. The van der Waals surface area contributed by atoms with Crippen molar-refractivity contribution in [3.63, 3.8) is 0 Å². The van der Waals surface area contributed by atoms with E-state index in [0.717, 1.165) is 17.8 Å². The summed E-state index contributed by atoms with van der Waals surface area (Å²) in [7, 11) is -4.49. The van der Waals surface area contributed by atoms with Gasteiger partial charge in [0.2, 0.25) is 10.0 Å². The van der Waals surface area contributed by atoms with Crippen LogP contribution in [-0.4, -0.2) is 41.1 Å². The van der Waals surface area contributed by atoms with E-state index in [1.54, 1.807) is 33.7 Å². The molecule has 0 unspecified atom stereocenters. The number of nitrogens with two attached hydrogens (primary N) is 1. The molecule has 1 amide bonds. The molecule has 0 fully saturated rings. The van der Waals surface area contributed by atoms with Gasteiger partial charge in [0.25, 0.3) is 5.91 Å². The number of rotatable bonds is 7. The molecule has 3 aromatic rings. The average molecular weight is 491 g/mol. The minimum Gasteiger partial charge on any atom is -0.366 e. The SMILES string of the molecule is CCc1cnc2c(c1)c(C(N)=O)c(-c1ccc(S(=O)(=O)N[C@@H](C)C(F)(F)F)cn1)n2C1=CC=C1. The maximum absolute atomic E-state index is 12.8. The largest absolute Gasteiger partial charge is 0.404 e.